The fraction of sp³-hybridized carbons (Fsp3) is 0.273. The lowest BCUT2D eigenvalue weighted by atomic mass is 9.88. The van der Waals surface area contributed by atoms with E-state index < -0.39 is 18.1 Å². The summed E-state index contributed by atoms with van der Waals surface area (Å²) in [5.74, 6) is -0.189. The third-order valence-corrected chi connectivity index (χ3v) is 4.40. The molecule has 0 heterocycles. The van der Waals surface area contributed by atoms with E-state index in [-0.39, 0.29) is 5.75 Å². The zero-order chi connectivity index (χ0) is 18.2. The fourth-order valence-corrected chi connectivity index (χ4v) is 2.88. The summed E-state index contributed by atoms with van der Waals surface area (Å²) in [5, 5.41) is 30.8. The number of hydrogen-bond acceptors (Lipinski definition) is 3. The largest absolute Gasteiger partial charge is 0.507 e. The summed E-state index contributed by atoms with van der Waals surface area (Å²) in [6.45, 7) is 5.74. The summed E-state index contributed by atoms with van der Waals surface area (Å²) < 4.78 is 0. The molecular weight excluding hydrogens is 312 g/mol. The van der Waals surface area contributed by atoms with Crippen molar-refractivity contribution in [2.75, 3.05) is 0 Å². The molecule has 3 N–H and O–H groups in total. The van der Waals surface area contributed by atoms with Gasteiger partial charge >= 0.3 is 0 Å². The SMILES string of the molecule is C=C[C@H]([C@H](O)CC/C(C)=C/c1ccccc1O)[C@H](O)c1ccccc1. The van der Waals surface area contributed by atoms with E-state index in [9.17, 15) is 15.3 Å². The number of phenols is 1. The Bertz CT molecular complexity index is 706. The van der Waals surface area contributed by atoms with Crippen LogP contribution in [0.5, 0.6) is 5.75 Å². The van der Waals surface area contributed by atoms with E-state index in [0.717, 1.165) is 16.7 Å². The Hall–Kier alpha value is -2.36. The highest BCUT2D eigenvalue weighted by Crippen LogP contribution is 2.28. The molecule has 0 saturated carbocycles. The summed E-state index contributed by atoms with van der Waals surface area (Å²) in [5.41, 5.74) is 2.59. The summed E-state index contributed by atoms with van der Waals surface area (Å²) in [7, 11) is 0. The van der Waals surface area contributed by atoms with Crippen molar-refractivity contribution in [1.29, 1.82) is 0 Å². The van der Waals surface area contributed by atoms with E-state index in [1.165, 1.54) is 0 Å². The molecule has 2 aromatic carbocycles. The molecule has 0 saturated heterocycles. The lowest BCUT2D eigenvalue weighted by molar-refractivity contribution is 0.0319. The van der Waals surface area contributed by atoms with Crippen LogP contribution in [0.4, 0.5) is 0 Å². The molecule has 0 aliphatic heterocycles. The van der Waals surface area contributed by atoms with Crippen LogP contribution in [0.15, 0.2) is 72.8 Å². The average molecular weight is 338 g/mol. The van der Waals surface area contributed by atoms with Crippen molar-refractivity contribution < 1.29 is 15.3 Å². The first-order valence-electron chi connectivity index (χ1n) is 8.51. The highest BCUT2D eigenvalue weighted by atomic mass is 16.3. The van der Waals surface area contributed by atoms with Crippen molar-refractivity contribution >= 4 is 6.08 Å². The number of aromatic hydroxyl groups is 1. The van der Waals surface area contributed by atoms with Crippen LogP contribution in [-0.2, 0) is 0 Å². The number of aliphatic hydroxyl groups is 2. The first-order chi connectivity index (χ1) is 12.0. The second-order valence-electron chi connectivity index (χ2n) is 6.32. The van der Waals surface area contributed by atoms with Crippen LogP contribution in [0.2, 0.25) is 0 Å². The monoisotopic (exact) mass is 338 g/mol. The highest BCUT2D eigenvalue weighted by molar-refractivity contribution is 5.58. The first-order valence-corrected chi connectivity index (χ1v) is 8.51. The third kappa shape index (κ3) is 5.31. The van der Waals surface area contributed by atoms with Crippen LogP contribution in [-0.4, -0.2) is 21.4 Å². The maximum absolute atomic E-state index is 10.5. The highest BCUT2D eigenvalue weighted by Gasteiger charge is 2.25. The third-order valence-electron chi connectivity index (χ3n) is 4.40. The number of aliphatic hydroxyl groups excluding tert-OH is 2. The van der Waals surface area contributed by atoms with Gasteiger partial charge in [0, 0.05) is 11.5 Å². The second kappa shape index (κ2) is 9.21. The Morgan fingerprint density at radius 2 is 1.68 bits per heavy atom. The maximum atomic E-state index is 10.5. The van der Waals surface area contributed by atoms with Crippen molar-refractivity contribution in [3.05, 3.63) is 84.0 Å². The number of para-hydroxylation sites is 1. The van der Waals surface area contributed by atoms with E-state index in [4.69, 9.17) is 0 Å². The number of phenolic OH excluding ortho intramolecular Hbond substituents is 1. The summed E-state index contributed by atoms with van der Waals surface area (Å²) in [6, 6.07) is 16.5. The van der Waals surface area contributed by atoms with Gasteiger partial charge in [0.2, 0.25) is 0 Å². The van der Waals surface area contributed by atoms with Crippen LogP contribution in [0.1, 0.15) is 37.0 Å². The van der Waals surface area contributed by atoms with E-state index in [1.54, 1.807) is 18.2 Å². The van der Waals surface area contributed by atoms with Gasteiger partial charge in [0.15, 0.2) is 0 Å². The molecule has 3 atom stereocenters. The molecule has 0 fully saturated rings. The van der Waals surface area contributed by atoms with E-state index >= 15 is 0 Å². The zero-order valence-electron chi connectivity index (χ0n) is 14.5. The Morgan fingerprint density at radius 1 is 1.04 bits per heavy atom. The van der Waals surface area contributed by atoms with Gasteiger partial charge in [-0.3, -0.25) is 0 Å². The smallest absolute Gasteiger partial charge is 0.122 e. The number of allylic oxidation sites excluding steroid dienone is 1. The lowest BCUT2D eigenvalue weighted by Crippen LogP contribution is -2.25. The number of hydrogen-bond donors (Lipinski definition) is 3. The second-order valence-corrected chi connectivity index (χ2v) is 6.32. The summed E-state index contributed by atoms with van der Waals surface area (Å²) >= 11 is 0. The van der Waals surface area contributed by atoms with Crippen molar-refractivity contribution in [3.8, 4) is 5.75 Å². The molecule has 3 nitrogen and oxygen atoms in total. The molecule has 3 heteroatoms. The van der Waals surface area contributed by atoms with Crippen LogP contribution < -0.4 is 0 Å². The zero-order valence-corrected chi connectivity index (χ0v) is 14.5. The van der Waals surface area contributed by atoms with Crippen LogP contribution in [0.25, 0.3) is 6.08 Å². The van der Waals surface area contributed by atoms with Gasteiger partial charge in [0.25, 0.3) is 0 Å². The molecule has 0 amide bonds. The fourth-order valence-electron chi connectivity index (χ4n) is 2.88. The molecule has 0 spiro atoms. The molecule has 0 bridgehead atoms. The van der Waals surface area contributed by atoms with Crippen molar-refractivity contribution in [1.82, 2.24) is 0 Å². The van der Waals surface area contributed by atoms with Crippen LogP contribution >= 0.6 is 0 Å². The quantitative estimate of drug-likeness (QED) is 0.622. The summed E-state index contributed by atoms with van der Waals surface area (Å²) in [4.78, 5) is 0. The molecule has 132 valence electrons. The van der Waals surface area contributed by atoms with Crippen LogP contribution in [0, 0.1) is 5.92 Å². The minimum absolute atomic E-state index is 0.242. The molecule has 0 aliphatic carbocycles. The van der Waals surface area contributed by atoms with E-state index in [2.05, 4.69) is 6.58 Å². The molecular formula is C22H26O3. The predicted molar refractivity (Wildman–Crippen MR) is 102 cm³/mol. The minimum atomic E-state index is -0.781. The minimum Gasteiger partial charge on any atom is -0.507 e. The Kier molecular flexibility index (Phi) is 6.99. The van der Waals surface area contributed by atoms with Gasteiger partial charge in [-0.25, -0.2) is 0 Å². The van der Waals surface area contributed by atoms with Gasteiger partial charge < -0.3 is 15.3 Å². The van der Waals surface area contributed by atoms with Gasteiger partial charge in [-0.1, -0.05) is 66.3 Å². The Labute approximate surface area is 149 Å². The van der Waals surface area contributed by atoms with E-state index in [1.807, 2.05) is 55.5 Å². The van der Waals surface area contributed by atoms with Gasteiger partial charge in [0.05, 0.1) is 12.2 Å². The van der Waals surface area contributed by atoms with Crippen molar-refractivity contribution in [2.24, 2.45) is 5.92 Å². The van der Waals surface area contributed by atoms with Crippen molar-refractivity contribution in [2.45, 2.75) is 32.0 Å². The van der Waals surface area contributed by atoms with E-state index in [0.29, 0.717) is 12.8 Å². The number of rotatable bonds is 8. The molecule has 0 radical (unpaired) electrons. The lowest BCUT2D eigenvalue weighted by Gasteiger charge is -2.25. The molecule has 0 aliphatic rings. The normalized spacial score (nSPS) is 15.4. The average Bonchev–Trinajstić information content (AvgIpc) is 2.63. The Balaban J connectivity index is 1.99. The maximum Gasteiger partial charge on any atom is 0.122 e. The molecule has 0 unspecified atom stereocenters. The van der Waals surface area contributed by atoms with Gasteiger partial charge in [0.1, 0.15) is 5.75 Å². The van der Waals surface area contributed by atoms with Gasteiger partial charge in [-0.2, -0.15) is 0 Å². The first kappa shape index (κ1) is 19.0. The molecule has 2 aromatic rings. The predicted octanol–water partition coefficient (Wildman–Crippen LogP) is 4.47. The number of benzene rings is 2. The standard InChI is InChI=1S/C22H26O3/c1-3-19(22(25)17-9-5-4-6-10-17)21(24)14-13-16(2)15-18-11-7-8-12-20(18)23/h3-12,15,19,21-25H,1,13-14H2,2H3/b16-15+/t19-,21-,22-/m1/s1. The summed E-state index contributed by atoms with van der Waals surface area (Å²) in [6.07, 6.45) is 3.23. The molecule has 25 heavy (non-hydrogen) atoms. The molecule has 0 aromatic heterocycles. The topological polar surface area (TPSA) is 60.7 Å². The van der Waals surface area contributed by atoms with Gasteiger partial charge in [-0.05, 0) is 31.4 Å². The molecule has 2 rings (SSSR count). The Morgan fingerprint density at radius 3 is 2.32 bits per heavy atom. The van der Waals surface area contributed by atoms with Crippen LogP contribution in [0.3, 0.4) is 0 Å². The van der Waals surface area contributed by atoms with Crippen molar-refractivity contribution in [3.63, 3.8) is 0 Å². The van der Waals surface area contributed by atoms with Gasteiger partial charge in [-0.15, -0.1) is 6.58 Å².